The number of hydrogen-bond acceptors (Lipinski definition) is 4. The Bertz CT molecular complexity index is 902. The quantitative estimate of drug-likeness (QED) is 0.662. The zero-order valence-electron chi connectivity index (χ0n) is 13.3. The molecule has 0 aliphatic rings. The number of nitrogens with zero attached hydrogens (tertiary/aromatic N) is 1. The molecule has 2 N–H and O–H groups in total. The number of anilines is 1. The van der Waals surface area contributed by atoms with Crippen molar-refractivity contribution in [1.29, 1.82) is 0 Å². The van der Waals surface area contributed by atoms with E-state index in [9.17, 15) is 9.90 Å². The Labute approximate surface area is 147 Å². The third-order valence-corrected chi connectivity index (χ3v) is 4.09. The summed E-state index contributed by atoms with van der Waals surface area (Å²) in [5.74, 6) is 0.900. The number of rotatable bonds is 4. The van der Waals surface area contributed by atoms with Gasteiger partial charge in [-0.25, -0.2) is 4.98 Å². The van der Waals surface area contributed by atoms with Gasteiger partial charge in [0.05, 0.1) is 4.47 Å². The number of halogens is 1. The van der Waals surface area contributed by atoms with Crippen LogP contribution >= 0.6 is 15.9 Å². The predicted molar refractivity (Wildman–Crippen MR) is 96.9 cm³/mol. The van der Waals surface area contributed by atoms with Crippen molar-refractivity contribution < 1.29 is 14.3 Å². The summed E-state index contributed by atoms with van der Waals surface area (Å²) in [4.78, 5) is 16.3. The number of benzene rings is 2. The van der Waals surface area contributed by atoms with E-state index in [0.717, 1.165) is 5.56 Å². The van der Waals surface area contributed by atoms with Crippen LogP contribution in [0.1, 0.15) is 20.3 Å². The minimum absolute atomic E-state index is 0.0180. The Balaban J connectivity index is 1.88. The maximum Gasteiger partial charge on any atom is 0.227 e. The Kier molecular flexibility index (Phi) is 4.57. The molecule has 1 aromatic heterocycles. The van der Waals surface area contributed by atoms with Crippen LogP contribution in [-0.2, 0) is 4.79 Å². The van der Waals surface area contributed by atoms with Crippen LogP contribution in [-0.4, -0.2) is 16.0 Å². The van der Waals surface area contributed by atoms with E-state index in [-0.39, 0.29) is 11.7 Å². The number of aromatic hydroxyl groups is 1. The highest BCUT2D eigenvalue weighted by molar-refractivity contribution is 9.10. The van der Waals surface area contributed by atoms with Crippen molar-refractivity contribution in [2.45, 2.75) is 20.3 Å². The summed E-state index contributed by atoms with van der Waals surface area (Å²) in [6.45, 7) is 4.00. The van der Waals surface area contributed by atoms with E-state index in [2.05, 4.69) is 26.2 Å². The van der Waals surface area contributed by atoms with Gasteiger partial charge < -0.3 is 14.8 Å². The van der Waals surface area contributed by atoms with Crippen LogP contribution in [0.5, 0.6) is 5.75 Å². The topological polar surface area (TPSA) is 75.4 Å². The fourth-order valence-electron chi connectivity index (χ4n) is 2.35. The molecule has 0 saturated carbocycles. The van der Waals surface area contributed by atoms with Gasteiger partial charge in [0.15, 0.2) is 5.58 Å². The van der Waals surface area contributed by atoms with Crippen molar-refractivity contribution in [3.8, 4) is 17.2 Å². The molecule has 0 saturated heterocycles. The summed E-state index contributed by atoms with van der Waals surface area (Å²) in [6.07, 6.45) is 0.476. The van der Waals surface area contributed by atoms with Crippen LogP contribution < -0.4 is 5.32 Å². The molecule has 0 fully saturated rings. The highest BCUT2D eigenvalue weighted by Crippen LogP contribution is 2.31. The number of aromatic nitrogens is 1. The Hall–Kier alpha value is -2.34. The van der Waals surface area contributed by atoms with E-state index in [4.69, 9.17) is 4.42 Å². The van der Waals surface area contributed by atoms with Crippen LogP contribution in [0.25, 0.3) is 22.6 Å². The molecule has 6 heteroatoms. The molecule has 0 atom stereocenters. The van der Waals surface area contributed by atoms with Crippen LogP contribution in [0, 0.1) is 5.92 Å². The summed E-state index contributed by atoms with van der Waals surface area (Å²) in [7, 11) is 0. The number of phenolic OH excluding ortho intramolecular Hbond substituents is 1. The lowest BCUT2D eigenvalue weighted by Crippen LogP contribution is -2.13. The Morgan fingerprint density at radius 2 is 2.08 bits per heavy atom. The van der Waals surface area contributed by atoms with Gasteiger partial charge in [0, 0.05) is 17.7 Å². The minimum Gasteiger partial charge on any atom is -0.507 e. The average molecular weight is 389 g/mol. The van der Waals surface area contributed by atoms with Gasteiger partial charge >= 0.3 is 0 Å². The number of oxazole rings is 1. The molecule has 1 amide bonds. The molecule has 24 heavy (non-hydrogen) atoms. The molecule has 0 aliphatic heterocycles. The molecule has 124 valence electrons. The van der Waals surface area contributed by atoms with Crippen LogP contribution in [0.15, 0.2) is 45.3 Å². The summed E-state index contributed by atoms with van der Waals surface area (Å²) < 4.78 is 6.32. The molecular formula is C18H17BrN2O3. The van der Waals surface area contributed by atoms with Gasteiger partial charge in [0.25, 0.3) is 0 Å². The molecule has 0 aliphatic carbocycles. The smallest absolute Gasteiger partial charge is 0.227 e. The van der Waals surface area contributed by atoms with Crippen LogP contribution in [0.2, 0.25) is 0 Å². The third kappa shape index (κ3) is 3.59. The summed E-state index contributed by atoms with van der Waals surface area (Å²) in [5, 5.41) is 12.4. The van der Waals surface area contributed by atoms with Crippen LogP contribution in [0.4, 0.5) is 5.69 Å². The Morgan fingerprint density at radius 1 is 1.29 bits per heavy atom. The fourth-order valence-corrected chi connectivity index (χ4v) is 2.73. The van der Waals surface area contributed by atoms with Gasteiger partial charge in [-0.05, 0) is 58.2 Å². The van der Waals surface area contributed by atoms with E-state index in [1.807, 2.05) is 13.8 Å². The molecule has 0 bridgehead atoms. The third-order valence-electron chi connectivity index (χ3n) is 3.46. The fraction of sp³-hybridized carbons (Fsp3) is 0.222. The van der Waals surface area contributed by atoms with Gasteiger partial charge in [-0.3, -0.25) is 4.79 Å². The van der Waals surface area contributed by atoms with E-state index >= 15 is 0 Å². The number of nitrogens with one attached hydrogen (secondary N) is 1. The normalized spacial score (nSPS) is 11.2. The summed E-state index contributed by atoms with van der Waals surface area (Å²) >= 11 is 3.28. The number of carbonyl (C=O) groups excluding carboxylic acids is 1. The maximum absolute atomic E-state index is 11.9. The monoisotopic (exact) mass is 388 g/mol. The number of phenols is 1. The standard InChI is InChI=1S/C18H17BrN2O3/c1-10(2)7-17(23)20-12-4-6-16-14(9-12)21-18(24-16)11-3-5-15(22)13(19)8-11/h3-6,8-10,22H,7H2,1-2H3,(H,20,23). The van der Waals surface area contributed by atoms with Crippen molar-refractivity contribution in [1.82, 2.24) is 4.98 Å². The molecule has 2 aromatic carbocycles. The first-order chi connectivity index (χ1) is 11.4. The zero-order chi connectivity index (χ0) is 17.3. The molecular weight excluding hydrogens is 372 g/mol. The summed E-state index contributed by atoms with van der Waals surface area (Å²) in [5.41, 5.74) is 2.74. The van der Waals surface area contributed by atoms with E-state index < -0.39 is 0 Å². The van der Waals surface area contributed by atoms with Crippen molar-refractivity contribution in [3.05, 3.63) is 40.9 Å². The van der Waals surface area contributed by atoms with Gasteiger partial charge in [0.1, 0.15) is 11.3 Å². The van der Waals surface area contributed by atoms with Crippen LogP contribution in [0.3, 0.4) is 0 Å². The highest BCUT2D eigenvalue weighted by Gasteiger charge is 2.12. The van der Waals surface area contributed by atoms with E-state index in [1.54, 1.807) is 36.4 Å². The molecule has 0 unspecified atom stereocenters. The molecule has 5 nitrogen and oxygen atoms in total. The second-order valence-electron chi connectivity index (χ2n) is 6.01. The first-order valence-corrected chi connectivity index (χ1v) is 8.41. The number of carbonyl (C=O) groups is 1. The lowest BCUT2D eigenvalue weighted by molar-refractivity contribution is -0.116. The molecule has 3 aromatic rings. The van der Waals surface area contributed by atoms with Gasteiger partial charge in [-0.2, -0.15) is 0 Å². The number of fused-ring (bicyclic) bond motifs is 1. The van der Waals surface area contributed by atoms with Crippen molar-refractivity contribution in [3.63, 3.8) is 0 Å². The number of hydrogen-bond donors (Lipinski definition) is 2. The second kappa shape index (κ2) is 6.65. The van der Waals surface area contributed by atoms with Crippen molar-refractivity contribution in [2.75, 3.05) is 5.32 Å². The maximum atomic E-state index is 11.9. The minimum atomic E-state index is -0.0180. The lowest BCUT2D eigenvalue weighted by atomic mass is 10.1. The predicted octanol–water partition coefficient (Wildman–Crippen LogP) is 4.95. The molecule has 0 radical (unpaired) electrons. The van der Waals surface area contributed by atoms with Gasteiger partial charge in [0.2, 0.25) is 11.8 Å². The molecule has 0 spiro atoms. The molecule has 1 heterocycles. The average Bonchev–Trinajstić information content (AvgIpc) is 2.92. The van der Waals surface area contributed by atoms with Crippen molar-refractivity contribution >= 4 is 38.6 Å². The first kappa shape index (κ1) is 16.5. The first-order valence-electron chi connectivity index (χ1n) is 7.61. The largest absolute Gasteiger partial charge is 0.507 e. The summed E-state index contributed by atoms with van der Waals surface area (Å²) in [6, 6.07) is 10.4. The second-order valence-corrected chi connectivity index (χ2v) is 6.87. The number of amides is 1. The highest BCUT2D eigenvalue weighted by atomic mass is 79.9. The molecule has 3 rings (SSSR count). The SMILES string of the molecule is CC(C)CC(=O)Nc1ccc2oc(-c3ccc(O)c(Br)c3)nc2c1. The Morgan fingerprint density at radius 3 is 2.79 bits per heavy atom. The zero-order valence-corrected chi connectivity index (χ0v) is 14.9. The van der Waals surface area contributed by atoms with Gasteiger partial charge in [-0.1, -0.05) is 13.8 Å². The van der Waals surface area contributed by atoms with Crippen molar-refractivity contribution in [2.24, 2.45) is 5.92 Å². The lowest BCUT2D eigenvalue weighted by Gasteiger charge is -2.06. The van der Waals surface area contributed by atoms with E-state index in [0.29, 0.717) is 39.5 Å². The van der Waals surface area contributed by atoms with E-state index in [1.165, 1.54) is 0 Å². The van der Waals surface area contributed by atoms with Gasteiger partial charge in [-0.15, -0.1) is 0 Å².